The van der Waals surface area contributed by atoms with Crippen molar-refractivity contribution in [1.29, 1.82) is 0 Å². The fourth-order valence-corrected chi connectivity index (χ4v) is 6.42. The molecule has 0 unspecified atom stereocenters. The number of hydrogen-bond donors (Lipinski definition) is 0. The monoisotopic (exact) mass is 437 g/mol. The van der Waals surface area contributed by atoms with Crippen LogP contribution in [0.3, 0.4) is 0 Å². The summed E-state index contributed by atoms with van der Waals surface area (Å²) in [6, 6.07) is 29.7. The van der Waals surface area contributed by atoms with Gasteiger partial charge in [0.25, 0.3) is 0 Å². The van der Waals surface area contributed by atoms with Crippen LogP contribution >= 0.6 is 27.0 Å². The predicted octanol–water partition coefficient (Wildman–Crippen LogP) is 4.00. The van der Waals surface area contributed by atoms with Crippen molar-refractivity contribution in [3.05, 3.63) is 84.9 Å². The second-order valence-corrected chi connectivity index (χ2v) is 12.1. The molecule has 4 heteroatoms. The van der Waals surface area contributed by atoms with E-state index < -0.39 is 22.6 Å². The van der Waals surface area contributed by atoms with Gasteiger partial charge in [-0.05, 0) is 0 Å². The summed E-state index contributed by atoms with van der Waals surface area (Å²) in [5, 5.41) is 3.96. The average molecular weight is 439 g/mol. The molecular weight excluding hydrogens is 424 g/mol. The van der Waals surface area contributed by atoms with Gasteiger partial charge in [0.1, 0.15) is 0 Å². The molecule has 0 saturated heterocycles. The zero-order valence-electron chi connectivity index (χ0n) is 11.6. The molecule has 0 heterocycles. The Morgan fingerprint density at radius 1 is 0.591 bits per heavy atom. The predicted molar refractivity (Wildman–Crippen MR) is 96.5 cm³/mol. The fourth-order valence-electron chi connectivity index (χ4n) is 2.28. The average Bonchev–Trinajstić information content (AvgIpc) is 2.57. The zero-order valence-corrected chi connectivity index (χ0v) is 15.6. The topological polar surface area (TPSA) is 0 Å². The summed E-state index contributed by atoms with van der Waals surface area (Å²) in [6.07, 6.45) is 0. The molecule has 3 aromatic carbocycles. The van der Waals surface area contributed by atoms with Crippen LogP contribution in [-0.4, -0.2) is 0 Å². The van der Waals surface area contributed by atoms with E-state index in [2.05, 4.69) is 78.9 Å². The zero-order chi connectivity index (χ0) is 15.4. The van der Waals surface area contributed by atoms with Crippen LogP contribution in [-0.2, 0) is 14.7 Å². The number of rotatable bonds is 4. The Bertz CT molecular complexity index is 693. The van der Waals surface area contributed by atoms with Crippen LogP contribution < -0.4 is 19.9 Å². The number of benzene rings is 3. The molecule has 0 saturated carbocycles. The minimum atomic E-state index is -1.62. The van der Waals surface area contributed by atoms with Gasteiger partial charge in [0.05, 0.1) is 0 Å². The maximum atomic E-state index is 6.16. The molecule has 0 radical (unpaired) electrons. The summed E-state index contributed by atoms with van der Waals surface area (Å²) in [7, 11) is 11.7. The van der Waals surface area contributed by atoms with Gasteiger partial charge in [-0.25, -0.2) is 0 Å². The number of hydrogen-bond acceptors (Lipinski definition) is 0. The molecule has 0 spiro atoms. The van der Waals surface area contributed by atoms with Crippen molar-refractivity contribution in [1.82, 2.24) is 0 Å². The van der Waals surface area contributed by atoms with Gasteiger partial charge in [-0.1, -0.05) is 0 Å². The molecule has 0 bridgehead atoms. The molecule has 0 aromatic heterocycles. The standard InChI is InChI=1S/C18H14P.2ClH.Pd/c1-4-10-16(11-5-1)19(17-12-6-2-7-13-17)18-14-8-3-9-15-18;;;/h1-8,10-15H;2*1H;/q;;;+2/p-2. The molecule has 0 aliphatic carbocycles. The quantitative estimate of drug-likeness (QED) is 0.427. The van der Waals surface area contributed by atoms with Gasteiger partial charge < -0.3 is 0 Å². The molecule has 0 fully saturated rings. The molecule has 22 heavy (non-hydrogen) atoms. The molecule has 3 aromatic rings. The van der Waals surface area contributed by atoms with Gasteiger partial charge in [-0.15, -0.1) is 0 Å². The van der Waals surface area contributed by atoms with Gasteiger partial charge in [0.15, 0.2) is 0 Å². The molecule has 0 nitrogen and oxygen atoms in total. The maximum absolute atomic E-state index is 6.16. The van der Waals surface area contributed by atoms with E-state index in [0.29, 0.717) is 0 Å². The van der Waals surface area contributed by atoms with E-state index in [1.807, 2.05) is 6.07 Å². The van der Waals surface area contributed by atoms with E-state index in [-0.39, 0.29) is 0 Å². The van der Waals surface area contributed by atoms with E-state index in [1.54, 1.807) is 0 Å². The van der Waals surface area contributed by atoms with E-state index >= 15 is 0 Å². The molecule has 0 N–H and O–H groups in total. The molecule has 3 rings (SSSR count). The first kappa shape index (κ1) is 16.2. The molecule has 0 aliphatic heterocycles. The molecule has 0 amide bonds. The fraction of sp³-hybridized carbons (Fsp3) is 0. The Morgan fingerprint density at radius 3 is 1.59 bits per heavy atom. The van der Waals surface area contributed by atoms with Crippen molar-refractivity contribution in [3.63, 3.8) is 0 Å². The second-order valence-electron chi connectivity index (χ2n) is 4.62. The summed E-state index contributed by atoms with van der Waals surface area (Å²) in [6.45, 7) is 0. The normalized spacial score (nSPS) is 11.5. The molecule has 115 valence electrons. The van der Waals surface area contributed by atoms with Crippen molar-refractivity contribution >= 4 is 46.9 Å². The van der Waals surface area contributed by atoms with Crippen LogP contribution in [0, 0.1) is 0 Å². The first-order valence-corrected chi connectivity index (χ1v) is 12.8. The number of halogens is 2. The van der Waals surface area contributed by atoms with Crippen molar-refractivity contribution in [3.8, 4) is 0 Å². The summed E-state index contributed by atoms with van der Waals surface area (Å²) in [5.74, 6) is 0. The summed E-state index contributed by atoms with van der Waals surface area (Å²) < 4.78 is 1.06. The van der Waals surface area contributed by atoms with E-state index in [1.165, 1.54) is 15.9 Å². The Morgan fingerprint density at radius 2 is 1.09 bits per heavy atom. The van der Waals surface area contributed by atoms with Crippen molar-refractivity contribution < 1.29 is 14.7 Å². The first-order chi connectivity index (χ1) is 10.8. The Balaban J connectivity index is 2.12. The van der Waals surface area contributed by atoms with Crippen molar-refractivity contribution in [2.45, 2.75) is 0 Å². The first-order valence-electron chi connectivity index (χ1n) is 6.71. The van der Waals surface area contributed by atoms with Gasteiger partial charge >= 0.3 is 147 Å². The second kappa shape index (κ2) is 7.74. The summed E-state index contributed by atoms with van der Waals surface area (Å²) in [5.41, 5.74) is 0. The van der Waals surface area contributed by atoms with Gasteiger partial charge in [-0.2, -0.15) is 0 Å². The molecule has 0 atom stereocenters. The summed E-state index contributed by atoms with van der Waals surface area (Å²) in [4.78, 5) is 0. The molecular formula is C18H14Cl2PPd. The van der Waals surface area contributed by atoms with Crippen LogP contribution in [0.4, 0.5) is 0 Å². The van der Waals surface area contributed by atoms with E-state index in [4.69, 9.17) is 19.1 Å². The van der Waals surface area contributed by atoms with Crippen molar-refractivity contribution in [2.75, 3.05) is 0 Å². The van der Waals surface area contributed by atoms with Crippen molar-refractivity contribution in [2.24, 2.45) is 0 Å². The van der Waals surface area contributed by atoms with Crippen LogP contribution in [0.5, 0.6) is 0 Å². The third-order valence-corrected chi connectivity index (χ3v) is 8.43. The van der Waals surface area contributed by atoms with Crippen LogP contribution in [0.25, 0.3) is 0 Å². The van der Waals surface area contributed by atoms with Crippen LogP contribution in [0.2, 0.25) is 0 Å². The van der Waals surface area contributed by atoms with Crippen LogP contribution in [0.15, 0.2) is 84.9 Å². The summed E-state index contributed by atoms with van der Waals surface area (Å²) >= 11 is -1.62. The third kappa shape index (κ3) is 3.80. The Labute approximate surface area is 146 Å². The van der Waals surface area contributed by atoms with E-state index in [9.17, 15) is 0 Å². The molecule has 0 aliphatic rings. The minimum absolute atomic E-state index is 0.586. The van der Waals surface area contributed by atoms with Gasteiger partial charge in [-0.3, -0.25) is 0 Å². The SMILES string of the molecule is [Cl][Pd]([Cl])[c]1cccc(P(c2ccccc2)c2ccccc2)c1. The van der Waals surface area contributed by atoms with E-state index in [0.717, 1.165) is 4.04 Å². The Kier molecular flexibility index (Phi) is 5.70. The third-order valence-electron chi connectivity index (χ3n) is 3.21. The van der Waals surface area contributed by atoms with Gasteiger partial charge in [0.2, 0.25) is 0 Å². The van der Waals surface area contributed by atoms with Gasteiger partial charge in [0, 0.05) is 0 Å². The Hall–Kier alpha value is -0.668. The van der Waals surface area contributed by atoms with Crippen LogP contribution in [0.1, 0.15) is 0 Å².